The monoisotopic (exact) mass is 155 g/mol. The minimum absolute atomic E-state index is 0.570. The average Bonchev–Trinajstić information content (AvgIpc) is 2.39. The van der Waals surface area contributed by atoms with Gasteiger partial charge < -0.3 is 15.6 Å². The summed E-state index contributed by atoms with van der Waals surface area (Å²) in [4.78, 5) is 10.3. The maximum absolute atomic E-state index is 10.3. The van der Waals surface area contributed by atoms with Gasteiger partial charge in [-0.15, -0.1) is 0 Å². The number of rotatable bonds is 3. The smallest absolute Gasteiger partial charge is 0.128 e. The average molecular weight is 155 g/mol. The van der Waals surface area contributed by atoms with Crippen LogP contribution in [0.2, 0.25) is 0 Å². The molecule has 62 valence electrons. The molecule has 0 amide bonds. The third-order valence-corrected chi connectivity index (χ3v) is 1.98. The van der Waals surface area contributed by atoms with Gasteiger partial charge in [-0.25, -0.2) is 0 Å². The quantitative estimate of drug-likeness (QED) is 0.523. The van der Waals surface area contributed by atoms with Crippen LogP contribution in [-0.4, -0.2) is 12.0 Å². The number of allylic oxidation sites excluding steroid dienone is 1. The summed E-state index contributed by atoms with van der Waals surface area (Å²) in [6.45, 7) is 0. The van der Waals surface area contributed by atoms with E-state index in [1.165, 1.54) is 5.57 Å². The van der Waals surface area contributed by atoms with Crippen LogP contribution in [0.4, 0.5) is 0 Å². The Kier molecular flexibility index (Phi) is 2.65. The lowest BCUT2D eigenvalue weighted by Gasteiger charge is -2.09. The van der Waals surface area contributed by atoms with Crippen molar-refractivity contribution in [1.29, 1.82) is 0 Å². The largest absolute Gasteiger partial charge is 0.544 e. The molecule has 0 aromatic heterocycles. The van der Waals surface area contributed by atoms with E-state index in [1.54, 1.807) is 0 Å². The van der Waals surface area contributed by atoms with Gasteiger partial charge in [-0.3, -0.25) is 0 Å². The van der Waals surface area contributed by atoms with Gasteiger partial charge in [0, 0.05) is 6.42 Å². The summed E-state index contributed by atoms with van der Waals surface area (Å²) in [6, 6.07) is -0.570. The van der Waals surface area contributed by atoms with E-state index in [1.807, 2.05) is 0 Å². The van der Waals surface area contributed by atoms with Crippen LogP contribution in [0.25, 0.3) is 0 Å². The summed E-state index contributed by atoms with van der Waals surface area (Å²) in [5.41, 5.74) is 4.73. The fourth-order valence-electron chi connectivity index (χ4n) is 1.32. The van der Waals surface area contributed by atoms with Crippen molar-refractivity contribution in [3.05, 3.63) is 11.6 Å². The summed E-state index contributed by atoms with van der Waals surface area (Å²) in [5, 5.41) is 10.3. The molecule has 3 heteroatoms. The number of carboxylic acids is 1. The lowest BCUT2D eigenvalue weighted by atomic mass is 10.1. The topological polar surface area (TPSA) is 67.8 Å². The Hall–Kier alpha value is -0.830. The molecule has 0 saturated carbocycles. The maximum atomic E-state index is 10.3. The van der Waals surface area contributed by atoms with Crippen LogP contribution in [0.15, 0.2) is 11.6 Å². The second kappa shape index (κ2) is 3.53. The van der Waals surface area contributed by atoms with Crippen molar-refractivity contribution < 1.29 is 15.6 Å². The standard InChI is InChI=1S/C8H13NO2/c9-7(8(10)11)5-6-3-1-2-4-6/h3,7H,1-2,4-5,9H2,(H,10,11)/t7-/m0/s1. The van der Waals surface area contributed by atoms with Gasteiger partial charge in [-0.05, 0) is 19.3 Å². The minimum atomic E-state index is -1.04. The molecule has 11 heavy (non-hydrogen) atoms. The lowest BCUT2D eigenvalue weighted by molar-refractivity contribution is -0.436. The first-order valence-electron chi connectivity index (χ1n) is 3.92. The highest BCUT2D eigenvalue weighted by molar-refractivity contribution is 5.69. The Bertz CT molecular complexity index is 187. The van der Waals surface area contributed by atoms with Crippen LogP contribution in [0.1, 0.15) is 25.7 Å². The molecular formula is C8H13NO2. The van der Waals surface area contributed by atoms with Crippen molar-refractivity contribution >= 4 is 5.97 Å². The predicted molar refractivity (Wildman–Crippen MR) is 38.2 cm³/mol. The molecular weight excluding hydrogens is 142 g/mol. The molecule has 0 aliphatic heterocycles. The molecule has 0 fully saturated rings. The van der Waals surface area contributed by atoms with E-state index in [0.717, 1.165) is 19.3 Å². The van der Waals surface area contributed by atoms with Crippen LogP contribution < -0.4 is 10.8 Å². The number of quaternary nitrogens is 1. The molecule has 3 N–H and O–H groups in total. The van der Waals surface area contributed by atoms with E-state index < -0.39 is 12.0 Å². The summed E-state index contributed by atoms with van der Waals surface area (Å²) < 4.78 is 0. The zero-order valence-corrected chi connectivity index (χ0v) is 6.51. The Morgan fingerprint density at radius 1 is 1.82 bits per heavy atom. The molecule has 3 nitrogen and oxygen atoms in total. The highest BCUT2D eigenvalue weighted by atomic mass is 16.4. The third kappa shape index (κ3) is 2.35. The molecule has 0 aromatic rings. The molecule has 0 bridgehead atoms. The first-order chi connectivity index (χ1) is 5.20. The highest BCUT2D eigenvalue weighted by Crippen LogP contribution is 2.20. The zero-order chi connectivity index (χ0) is 8.27. The number of carbonyl (C=O) groups excluding carboxylic acids is 1. The van der Waals surface area contributed by atoms with E-state index in [9.17, 15) is 9.90 Å². The molecule has 1 aliphatic rings. The molecule has 0 unspecified atom stereocenters. The van der Waals surface area contributed by atoms with Crippen LogP contribution in [0, 0.1) is 0 Å². The number of hydrogen-bond acceptors (Lipinski definition) is 2. The molecule has 0 spiro atoms. The first-order valence-corrected chi connectivity index (χ1v) is 3.92. The maximum Gasteiger partial charge on any atom is 0.128 e. The van der Waals surface area contributed by atoms with Crippen LogP contribution in [0.3, 0.4) is 0 Å². The summed E-state index contributed by atoms with van der Waals surface area (Å²) in [7, 11) is 0. The fraction of sp³-hybridized carbons (Fsp3) is 0.625. The lowest BCUT2D eigenvalue weighted by Crippen LogP contribution is -2.68. The van der Waals surface area contributed by atoms with E-state index in [-0.39, 0.29) is 0 Å². The second-order valence-corrected chi connectivity index (χ2v) is 2.97. The van der Waals surface area contributed by atoms with E-state index in [4.69, 9.17) is 0 Å². The molecule has 0 heterocycles. The van der Waals surface area contributed by atoms with Crippen molar-refractivity contribution in [2.24, 2.45) is 0 Å². The molecule has 0 aromatic carbocycles. The zero-order valence-electron chi connectivity index (χ0n) is 6.51. The van der Waals surface area contributed by atoms with E-state index >= 15 is 0 Å². The van der Waals surface area contributed by atoms with Crippen LogP contribution in [-0.2, 0) is 4.79 Å². The Morgan fingerprint density at radius 2 is 2.55 bits per heavy atom. The second-order valence-electron chi connectivity index (χ2n) is 2.97. The number of hydrogen-bond donors (Lipinski definition) is 1. The summed E-state index contributed by atoms with van der Waals surface area (Å²) in [5.74, 6) is -1.04. The van der Waals surface area contributed by atoms with E-state index in [0.29, 0.717) is 6.42 Å². The van der Waals surface area contributed by atoms with Crippen molar-refractivity contribution in [3.8, 4) is 0 Å². The summed E-state index contributed by atoms with van der Waals surface area (Å²) in [6.07, 6.45) is 5.98. The van der Waals surface area contributed by atoms with Crippen molar-refractivity contribution in [3.63, 3.8) is 0 Å². The van der Waals surface area contributed by atoms with Crippen molar-refractivity contribution in [1.82, 2.24) is 0 Å². The van der Waals surface area contributed by atoms with Crippen molar-refractivity contribution in [2.45, 2.75) is 31.7 Å². The SMILES string of the molecule is [NH3+][C@@H](CC1=CCCC1)C(=O)[O-]. The normalized spacial score (nSPS) is 19.5. The van der Waals surface area contributed by atoms with E-state index in [2.05, 4.69) is 11.8 Å². The van der Waals surface area contributed by atoms with Gasteiger partial charge in [0.1, 0.15) is 6.04 Å². The van der Waals surface area contributed by atoms with Gasteiger partial charge in [0.15, 0.2) is 0 Å². The van der Waals surface area contributed by atoms with Gasteiger partial charge >= 0.3 is 0 Å². The van der Waals surface area contributed by atoms with Gasteiger partial charge in [-0.1, -0.05) is 11.6 Å². The highest BCUT2D eigenvalue weighted by Gasteiger charge is 2.12. The predicted octanol–water partition coefficient (Wildman–Crippen LogP) is -1.15. The molecule has 0 saturated heterocycles. The molecule has 0 radical (unpaired) electrons. The molecule has 1 rings (SSSR count). The Balaban J connectivity index is 2.35. The van der Waals surface area contributed by atoms with Crippen LogP contribution in [0.5, 0.6) is 0 Å². The van der Waals surface area contributed by atoms with Gasteiger partial charge in [-0.2, -0.15) is 0 Å². The molecule has 1 atom stereocenters. The Morgan fingerprint density at radius 3 is 3.00 bits per heavy atom. The van der Waals surface area contributed by atoms with Gasteiger partial charge in [0.2, 0.25) is 0 Å². The third-order valence-electron chi connectivity index (χ3n) is 1.98. The number of carboxylic acid groups (broad SMARTS) is 1. The minimum Gasteiger partial charge on any atom is -0.544 e. The summed E-state index contributed by atoms with van der Waals surface area (Å²) >= 11 is 0. The first kappa shape index (κ1) is 8.27. The van der Waals surface area contributed by atoms with Gasteiger partial charge in [0.05, 0.1) is 5.97 Å². The van der Waals surface area contributed by atoms with Crippen LogP contribution >= 0.6 is 0 Å². The number of aliphatic carboxylic acids is 1. The van der Waals surface area contributed by atoms with Gasteiger partial charge in [0.25, 0.3) is 0 Å². The Labute approximate surface area is 65.9 Å². The fourth-order valence-corrected chi connectivity index (χ4v) is 1.32. The number of carbonyl (C=O) groups is 1. The van der Waals surface area contributed by atoms with Crippen molar-refractivity contribution in [2.75, 3.05) is 0 Å². The molecule has 1 aliphatic carbocycles.